The summed E-state index contributed by atoms with van der Waals surface area (Å²) < 4.78 is 23.7. The lowest BCUT2D eigenvalue weighted by atomic mass is 10.1. The van der Waals surface area contributed by atoms with E-state index in [0.717, 1.165) is 27.5 Å². The van der Waals surface area contributed by atoms with Crippen molar-refractivity contribution >= 4 is 29.4 Å². The second-order valence-corrected chi connectivity index (χ2v) is 7.98. The zero-order valence-electron chi connectivity index (χ0n) is 15.2. The van der Waals surface area contributed by atoms with Crippen LogP contribution in [0.4, 0.5) is 0 Å². The molecule has 2 heterocycles. The van der Waals surface area contributed by atoms with Gasteiger partial charge in [0, 0.05) is 23.0 Å². The number of pyridine rings is 1. The molecule has 0 spiro atoms. The second kappa shape index (κ2) is 6.91. The number of hydrogen-bond donors (Lipinski definition) is 2. The molecule has 2 N–H and O–H groups in total. The van der Waals surface area contributed by atoms with Gasteiger partial charge in [-0.3, -0.25) is 9.55 Å². The highest BCUT2D eigenvalue weighted by molar-refractivity contribution is 7.50. The summed E-state index contributed by atoms with van der Waals surface area (Å²) in [5, 5.41) is 6.18. The Bertz CT molecular complexity index is 1210. The number of ether oxygens (including phenoxy) is 2. The highest BCUT2D eigenvalue weighted by atomic mass is 31.2. The molecule has 0 fully saturated rings. The first-order valence-electron chi connectivity index (χ1n) is 8.42. The quantitative estimate of drug-likeness (QED) is 0.496. The maximum Gasteiger partial charge on any atom is 0.329 e. The SMILES string of the molecule is COc1cc2ncc3cnn(-c4ccc(CP(=O)(O)O)cc4)c3c2cc1OC. The van der Waals surface area contributed by atoms with E-state index < -0.39 is 7.60 Å². The molecule has 4 rings (SSSR count). The minimum atomic E-state index is -4.11. The number of fused-ring (bicyclic) bond motifs is 3. The Balaban J connectivity index is 1.88. The van der Waals surface area contributed by atoms with Gasteiger partial charge in [0.15, 0.2) is 11.5 Å². The lowest BCUT2D eigenvalue weighted by Crippen LogP contribution is -1.98. The highest BCUT2D eigenvalue weighted by Crippen LogP contribution is 2.39. The third kappa shape index (κ3) is 3.33. The standard InChI is InChI=1S/C19H18N3O5P/c1-26-17-7-15-16(8-18(17)27-2)20-9-13-10-21-22(19(13)15)14-5-3-12(4-6-14)11-28(23,24)25/h3-10H,11H2,1-2H3,(H2,23,24,25). The van der Waals surface area contributed by atoms with Crippen LogP contribution in [0.5, 0.6) is 11.5 Å². The van der Waals surface area contributed by atoms with Crippen molar-refractivity contribution in [1.29, 1.82) is 0 Å². The number of benzene rings is 2. The molecule has 2 aromatic heterocycles. The first kappa shape index (κ1) is 18.4. The number of hydrogen-bond acceptors (Lipinski definition) is 5. The van der Waals surface area contributed by atoms with Crippen molar-refractivity contribution in [1.82, 2.24) is 14.8 Å². The fourth-order valence-corrected chi connectivity index (χ4v) is 3.89. The van der Waals surface area contributed by atoms with E-state index in [1.165, 1.54) is 0 Å². The molecule has 0 atom stereocenters. The fourth-order valence-electron chi connectivity index (χ4n) is 3.21. The second-order valence-electron chi connectivity index (χ2n) is 6.33. The van der Waals surface area contributed by atoms with Gasteiger partial charge in [-0.15, -0.1) is 0 Å². The third-order valence-electron chi connectivity index (χ3n) is 4.47. The van der Waals surface area contributed by atoms with Crippen molar-refractivity contribution < 1.29 is 23.8 Å². The van der Waals surface area contributed by atoms with Gasteiger partial charge in [-0.05, 0) is 23.8 Å². The number of methoxy groups -OCH3 is 2. The van der Waals surface area contributed by atoms with Crippen LogP contribution in [0, 0.1) is 0 Å². The van der Waals surface area contributed by atoms with E-state index in [4.69, 9.17) is 19.3 Å². The molecule has 0 aliphatic carbocycles. The largest absolute Gasteiger partial charge is 0.493 e. The summed E-state index contributed by atoms with van der Waals surface area (Å²) in [5.41, 5.74) is 2.93. The molecular formula is C19H18N3O5P. The topological polar surface area (TPSA) is 107 Å². The van der Waals surface area contributed by atoms with E-state index in [-0.39, 0.29) is 6.16 Å². The summed E-state index contributed by atoms with van der Waals surface area (Å²) in [7, 11) is -0.955. The molecule has 0 aliphatic rings. The van der Waals surface area contributed by atoms with Crippen LogP contribution in [0.3, 0.4) is 0 Å². The van der Waals surface area contributed by atoms with Crippen molar-refractivity contribution in [2.45, 2.75) is 6.16 Å². The Morgan fingerprint density at radius 3 is 2.36 bits per heavy atom. The van der Waals surface area contributed by atoms with Crippen LogP contribution in [0.15, 0.2) is 48.8 Å². The average Bonchev–Trinajstić information content (AvgIpc) is 3.10. The molecule has 28 heavy (non-hydrogen) atoms. The van der Waals surface area contributed by atoms with Gasteiger partial charge in [-0.25, -0.2) is 4.68 Å². The zero-order chi connectivity index (χ0) is 19.9. The molecule has 4 aromatic rings. The Labute approximate surface area is 160 Å². The first-order valence-corrected chi connectivity index (χ1v) is 10.2. The molecule has 2 aromatic carbocycles. The smallest absolute Gasteiger partial charge is 0.329 e. The average molecular weight is 399 g/mol. The minimum absolute atomic E-state index is 0.295. The summed E-state index contributed by atoms with van der Waals surface area (Å²) in [6.45, 7) is 0. The van der Waals surface area contributed by atoms with E-state index in [9.17, 15) is 4.57 Å². The van der Waals surface area contributed by atoms with Crippen molar-refractivity contribution in [3.05, 3.63) is 54.4 Å². The van der Waals surface area contributed by atoms with Gasteiger partial charge in [0.25, 0.3) is 0 Å². The van der Waals surface area contributed by atoms with Crippen molar-refractivity contribution in [3.8, 4) is 17.2 Å². The van der Waals surface area contributed by atoms with Crippen molar-refractivity contribution in [2.75, 3.05) is 14.2 Å². The molecule has 0 aliphatic heterocycles. The maximum absolute atomic E-state index is 11.2. The Hall–Kier alpha value is -2.93. The van der Waals surface area contributed by atoms with E-state index in [1.807, 2.05) is 12.1 Å². The van der Waals surface area contributed by atoms with Crippen molar-refractivity contribution in [3.63, 3.8) is 0 Å². The lowest BCUT2D eigenvalue weighted by Gasteiger charge is -2.11. The molecule has 0 saturated carbocycles. The summed E-state index contributed by atoms with van der Waals surface area (Å²) in [6, 6.07) is 10.6. The first-order chi connectivity index (χ1) is 13.4. The van der Waals surface area contributed by atoms with E-state index in [0.29, 0.717) is 17.1 Å². The van der Waals surface area contributed by atoms with E-state index in [1.54, 1.807) is 55.6 Å². The summed E-state index contributed by atoms with van der Waals surface area (Å²) in [6.07, 6.45) is 3.17. The van der Waals surface area contributed by atoms with Gasteiger partial charge in [0.1, 0.15) is 0 Å². The normalized spacial score (nSPS) is 11.9. The van der Waals surface area contributed by atoms with Crippen LogP contribution in [0.2, 0.25) is 0 Å². The molecule has 144 valence electrons. The van der Waals surface area contributed by atoms with Crippen LogP contribution < -0.4 is 9.47 Å². The van der Waals surface area contributed by atoms with Crippen LogP contribution >= 0.6 is 7.60 Å². The Morgan fingerprint density at radius 1 is 1.04 bits per heavy atom. The third-order valence-corrected chi connectivity index (χ3v) is 5.24. The molecule has 0 saturated heterocycles. The lowest BCUT2D eigenvalue weighted by molar-refractivity contribution is 0.356. The molecule has 0 unspecified atom stereocenters. The molecule has 9 heteroatoms. The van der Waals surface area contributed by atoms with E-state index >= 15 is 0 Å². The van der Waals surface area contributed by atoms with Gasteiger partial charge in [-0.1, -0.05) is 12.1 Å². The number of nitrogens with zero attached hydrogens (tertiary/aromatic N) is 3. The molecular weight excluding hydrogens is 381 g/mol. The molecule has 0 radical (unpaired) electrons. The van der Waals surface area contributed by atoms with Gasteiger partial charge < -0.3 is 19.3 Å². The van der Waals surface area contributed by atoms with Crippen LogP contribution in [0.1, 0.15) is 5.56 Å². The molecule has 0 amide bonds. The molecule has 8 nitrogen and oxygen atoms in total. The van der Waals surface area contributed by atoms with Crippen molar-refractivity contribution in [2.24, 2.45) is 0 Å². The Kier molecular flexibility index (Phi) is 4.55. The van der Waals surface area contributed by atoms with Gasteiger partial charge in [0.2, 0.25) is 0 Å². The predicted molar refractivity (Wildman–Crippen MR) is 105 cm³/mol. The van der Waals surface area contributed by atoms with Crippen LogP contribution in [0.25, 0.3) is 27.5 Å². The van der Waals surface area contributed by atoms with Gasteiger partial charge in [0.05, 0.1) is 43.3 Å². The fraction of sp³-hybridized carbons (Fsp3) is 0.158. The summed E-state index contributed by atoms with van der Waals surface area (Å²) in [5.74, 6) is 1.18. The van der Waals surface area contributed by atoms with Gasteiger partial charge in [-0.2, -0.15) is 5.10 Å². The monoisotopic (exact) mass is 399 g/mol. The number of rotatable bonds is 5. The van der Waals surface area contributed by atoms with Gasteiger partial charge >= 0.3 is 7.60 Å². The van der Waals surface area contributed by atoms with Crippen LogP contribution in [-0.4, -0.2) is 38.8 Å². The summed E-state index contributed by atoms with van der Waals surface area (Å²) in [4.78, 5) is 22.8. The zero-order valence-corrected chi connectivity index (χ0v) is 16.1. The molecule has 0 bridgehead atoms. The van der Waals surface area contributed by atoms with Crippen LogP contribution in [-0.2, 0) is 10.7 Å². The Morgan fingerprint density at radius 2 is 1.71 bits per heavy atom. The number of aromatic nitrogens is 3. The highest BCUT2D eigenvalue weighted by Gasteiger charge is 2.16. The minimum Gasteiger partial charge on any atom is -0.493 e. The predicted octanol–water partition coefficient (Wildman–Crippen LogP) is 3.27. The maximum atomic E-state index is 11.2. The van der Waals surface area contributed by atoms with E-state index in [2.05, 4.69) is 10.1 Å². The summed E-state index contributed by atoms with van der Waals surface area (Å²) >= 11 is 0.